The number of piperidine rings is 1. The Hall–Kier alpha value is -3.48. The summed E-state index contributed by atoms with van der Waals surface area (Å²) < 4.78 is 5.29. The molecule has 1 amide bonds. The van der Waals surface area contributed by atoms with E-state index in [2.05, 4.69) is 15.0 Å². The smallest absolute Gasteiger partial charge is 0.251 e. The summed E-state index contributed by atoms with van der Waals surface area (Å²) in [4.78, 5) is 38.7. The van der Waals surface area contributed by atoms with Crippen LogP contribution in [-0.2, 0) is 11.2 Å². The van der Waals surface area contributed by atoms with Gasteiger partial charge in [0.05, 0.1) is 24.9 Å². The molecule has 4 rings (SSSR count). The van der Waals surface area contributed by atoms with Crippen molar-refractivity contribution in [2.75, 3.05) is 20.2 Å². The van der Waals surface area contributed by atoms with Crippen molar-refractivity contribution in [2.24, 2.45) is 0 Å². The predicted octanol–water partition coefficient (Wildman–Crippen LogP) is 3.10. The van der Waals surface area contributed by atoms with Crippen molar-refractivity contribution in [3.63, 3.8) is 0 Å². The van der Waals surface area contributed by atoms with Crippen LogP contribution in [0, 0.1) is 6.92 Å². The largest absolute Gasteiger partial charge is 0.496 e. The van der Waals surface area contributed by atoms with Gasteiger partial charge < -0.3 is 14.6 Å². The lowest BCUT2D eigenvalue weighted by Gasteiger charge is -2.31. The molecule has 7 heteroatoms. The number of H-pyrrole nitrogens is 1. The Morgan fingerprint density at radius 3 is 2.65 bits per heavy atom. The van der Waals surface area contributed by atoms with Gasteiger partial charge in [0.15, 0.2) is 0 Å². The number of carbonyl (C=O) groups is 1. The van der Waals surface area contributed by atoms with Gasteiger partial charge in [0.25, 0.3) is 5.56 Å². The number of pyridine rings is 1. The molecular weight excluding hydrogens is 392 g/mol. The zero-order valence-electron chi connectivity index (χ0n) is 17.8. The number of methoxy groups -OCH3 is 1. The average Bonchev–Trinajstić information content (AvgIpc) is 2.79. The van der Waals surface area contributed by atoms with Crippen molar-refractivity contribution in [1.82, 2.24) is 19.9 Å². The van der Waals surface area contributed by atoms with E-state index in [9.17, 15) is 9.59 Å². The van der Waals surface area contributed by atoms with E-state index in [4.69, 9.17) is 4.74 Å². The number of ether oxygens (including phenoxy) is 1. The van der Waals surface area contributed by atoms with Crippen LogP contribution in [0.2, 0.25) is 0 Å². The first-order valence-electron chi connectivity index (χ1n) is 10.5. The normalized spacial score (nSPS) is 14.5. The molecular formula is C24H26N4O3. The Labute approximate surface area is 181 Å². The number of carbonyl (C=O) groups excluding carboxylic acids is 1. The molecule has 3 heterocycles. The molecule has 1 fully saturated rings. The highest BCUT2D eigenvalue weighted by Gasteiger charge is 2.26. The maximum absolute atomic E-state index is 12.8. The first kappa shape index (κ1) is 20.8. The van der Waals surface area contributed by atoms with E-state index in [-0.39, 0.29) is 17.4 Å². The Morgan fingerprint density at radius 1 is 1.16 bits per heavy atom. The van der Waals surface area contributed by atoms with Gasteiger partial charge in [-0.1, -0.05) is 18.2 Å². The second-order valence-corrected chi connectivity index (χ2v) is 7.87. The molecule has 2 aromatic heterocycles. The van der Waals surface area contributed by atoms with E-state index in [0.717, 1.165) is 29.7 Å². The number of hydrogen-bond donors (Lipinski definition) is 1. The molecule has 7 nitrogen and oxygen atoms in total. The summed E-state index contributed by atoms with van der Waals surface area (Å²) >= 11 is 0. The number of amides is 1. The third-order valence-corrected chi connectivity index (χ3v) is 5.74. The van der Waals surface area contributed by atoms with Crippen LogP contribution in [0.1, 0.15) is 35.7 Å². The van der Waals surface area contributed by atoms with Crippen molar-refractivity contribution in [2.45, 2.75) is 32.1 Å². The van der Waals surface area contributed by atoms with Crippen molar-refractivity contribution < 1.29 is 9.53 Å². The maximum atomic E-state index is 12.8. The van der Waals surface area contributed by atoms with Crippen LogP contribution >= 0.6 is 0 Å². The summed E-state index contributed by atoms with van der Waals surface area (Å²) in [6.45, 7) is 3.28. The second-order valence-electron chi connectivity index (χ2n) is 7.87. The molecule has 0 atom stereocenters. The number of rotatable bonds is 5. The van der Waals surface area contributed by atoms with Crippen LogP contribution in [0.5, 0.6) is 5.75 Å². The zero-order chi connectivity index (χ0) is 21.8. The Kier molecular flexibility index (Phi) is 6.11. The highest BCUT2D eigenvalue weighted by Crippen LogP contribution is 2.27. The molecule has 1 aromatic carbocycles. The molecule has 0 bridgehead atoms. The minimum atomic E-state index is -0.181. The molecule has 0 saturated carbocycles. The maximum Gasteiger partial charge on any atom is 0.251 e. The van der Waals surface area contributed by atoms with Crippen LogP contribution in [0.15, 0.2) is 53.5 Å². The first-order chi connectivity index (χ1) is 15.0. The number of aromatic nitrogens is 3. The topological polar surface area (TPSA) is 88.2 Å². The Morgan fingerprint density at radius 2 is 1.97 bits per heavy atom. The van der Waals surface area contributed by atoms with Crippen LogP contribution in [-0.4, -0.2) is 46.0 Å². The van der Waals surface area contributed by atoms with E-state index in [1.54, 1.807) is 13.3 Å². The summed E-state index contributed by atoms with van der Waals surface area (Å²) in [7, 11) is 1.64. The van der Waals surface area contributed by atoms with E-state index in [0.29, 0.717) is 36.7 Å². The highest BCUT2D eigenvalue weighted by atomic mass is 16.5. The quantitative estimate of drug-likeness (QED) is 0.688. The molecule has 1 saturated heterocycles. The van der Waals surface area contributed by atoms with Crippen LogP contribution in [0.4, 0.5) is 0 Å². The summed E-state index contributed by atoms with van der Waals surface area (Å²) in [6, 6.07) is 12.9. The molecule has 160 valence electrons. The number of nitrogens with one attached hydrogen (secondary N) is 1. The van der Waals surface area contributed by atoms with Crippen LogP contribution < -0.4 is 10.3 Å². The fourth-order valence-corrected chi connectivity index (χ4v) is 4.05. The van der Waals surface area contributed by atoms with E-state index < -0.39 is 0 Å². The van der Waals surface area contributed by atoms with Gasteiger partial charge in [0.2, 0.25) is 5.91 Å². The molecule has 0 radical (unpaired) electrons. The number of aryl methyl sites for hydroxylation is 1. The average molecular weight is 418 g/mol. The fraction of sp³-hybridized carbons (Fsp3) is 0.333. The van der Waals surface area contributed by atoms with Crippen molar-refractivity contribution in [3.8, 4) is 17.1 Å². The van der Waals surface area contributed by atoms with Crippen molar-refractivity contribution >= 4 is 5.91 Å². The molecule has 3 aromatic rings. The third kappa shape index (κ3) is 4.82. The number of hydrogen-bond acceptors (Lipinski definition) is 5. The molecule has 1 N–H and O–H groups in total. The number of likely N-dealkylation sites (tertiary alicyclic amines) is 1. The van der Waals surface area contributed by atoms with Gasteiger partial charge in [-0.2, -0.15) is 0 Å². The standard InChI is InChI=1S/C24H26N4O3/c1-16-13-17(6-7-21(16)31-2)14-23(30)28-11-8-18(9-12-28)24-26-20(15-22(29)27-24)19-5-3-4-10-25-19/h3-7,10,13,15,18H,8-9,11-12,14H2,1-2H3,(H,26,27,29). The second kappa shape index (κ2) is 9.12. The first-order valence-corrected chi connectivity index (χ1v) is 10.5. The molecule has 1 aliphatic heterocycles. The van der Waals surface area contributed by atoms with Gasteiger partial charge >= 0.3 is 0 Å². The van der Waals surface area contributed by atoms with Gasteiger partial charge in [0.1, 0.15) is 11.6 Å². The van der Waals surface area contributed by atoms with Gasteiger partial charge in [-0.3, -0.25) is 14.6 Å². The monoisotopic (exact) mass is 418 g/mol. The molecule has 31 heavy (non-hydrogen) atoms. The number of nitrogens with zero attached hydrogens (tertiary/aromatic N) is 3. The Bertz CT molecular complexity index is 1120. The van der Waals surface area contributed by atoms with Gasteiger partial charge in [-0.25, -0.2) is 4.98 Å². The SMILES string of the molecule is COc1ccc(CC(=O)N2CCC(c3nc(-c4ccccn4)cc(=O)[nH]3)CC2)cc1C. The number of benzene rings is 1. The van der Waals surface area contributed by atoms with Crippen LogP contribution in [0.25, 0.3) is 11.4 Å². The van der Waals surface area contributed by atoms with Gasteiger partial charge in [-0.15, -0.1) is 0 Å². The van der Waals surface area contributed by atoms with Crippen molar-refractivity contribution in [3.05, 3.63) is 76.0 Å². The highest BCUT2D eigenvalue weighted by molar-refractivity contribution is 5.79. The Balaban J connectivity index is 1.41. The lowest BCUT2D eigenvalue weighted by molar-refractivity contribution is -0.131. The molecule has 0 aliphatic carbocycles. The summed E-state index contributed by atoms with van der Waals surface area (Å²) in [5.74, 6) is 1.73. The van der Waals surface area contributed by atoms with Gasteiger partial charge in [0, 0.05) is 31.3 Å². The van der Waals surface area contributed by atoms with E-state index >= 15 is 0 Å². The lowest BCUT2D eigenvalue weighted by atomic mass is 9.95. The minimum Gasteiger partial charge on any atom is -0.496 e. The van der Waals surface area contributed by atoms with Crippen molar-refractivity contribution in [1.29, 1.82) is 0 Å². The molecule has 0 unspecified atom stereocenters. The summed E-state index contributed by atoms with van der Waals surface area (Å²) in [5, 5.41) is 0. The summed E-state index contributed by atoms with van der Waals surface area (Å²) in [6.07, 6.45) is 3.59. The zero-order valence-corrected chi connectivity index (χ0v) is 17.8. The number of aromatic amines is 1. The van der Waals surface area contributed by atoms with Gasteiger partial charge in [-0.05, 0) is 49.1 Å². The third-order valence-electron chi connectivity index (χ3n) is 5.74. The molecule has 1 aliphatic rings. The van der Waals surface area contributed by atoms with E-state index in [1.165, 1.54) is 6.07 Å². The summed E-state index contributed by atoms with van der Waals surface area (Å²) in [5.41, 5.74) is 3.08. The van der Waals surface area contributed by atoms with Crippen LogP contribution in [0.3, 0.4) is 0 Å². The lowest BCUT2D eigenvalue weighted by Crippen LogP contribution is -2.39. The minimum absolute atomic E-state index is 0.114. The van der Waals surface area contributed by atoms with E-state index in [1.807, 2.05) is 48.2 Å². The molecule has 0 spiro atoms. The fourth-order valence-electron chi connectivity index (χ4n) is 4.05. The predicted molar refractivity (Wildman–Crippen MR) is 118 cm³/mol.